The third kappa shape index (κ3) is 3.49. The Balaban J connectivity index is 2.97. The third-order valence-electron chi connectivity index (χ3n) is 1.86. The molecule has 0 unspecified atom stereocenters. The molecule has 0 saturated heterocycles. The smallest absolute Gasteiger partial charge is 0.237 e. The van der Waals surface area contributed by atoms with Gasteiger partial charge in [-0.3, -0.25) is 4.99 Å². The maximum atomic E-state index is 5.92. The highest BCUT2D eigenvalue weighted by atomic mass is 35.5. The molecule has 4 N–H and O–H groups in total. The zero-order valence-corrected chi connectivity index (χ0v) is 10.1. The van der Waals surface area contributed by atoms with Crippen LogP contribution < -0.4 is 16.2 Å². The van der Waals surface area contributed by atoms with E-state index in [1.165, 1.54) is 7.05 Å². The molecule has 0 amide bonds. The zero-order valence-electron chi connectivity index (χ0n) is 9.35. The van der Waals surface area contributed by atoms with Gasteiger partial charge < -0.3 is 16.2 Å². The van der Waals surface area contributed by atoms with Crippen LogP contribution in [0, 0.1) is 0 Å². The number of aliphatic imine (C=N–C) groups is 2. The van der Waals surface area contributed by atoms with Crippen molar-refractivity contribution in [3.8, 4) is 5.75 Å². The molecule has 1 aromatic carbocycles. The van der Waals surface area contributed by atoms with Crippen molar-refractivity contribution in [2.45, 2.75) is 0 Å². The van der Waals surface area contributed by atoms with E-state index in [9.17, 15) is 0 Å². The molecule has 0 fully saturated rings. The quantitative estimate of drug-likeness (QED) is 0.488. The molecular formula is C11H13ClN4O. The number of rotatable bonds is 3. The Labute approximate surface area is 104 Å². The number of benzene rings is 1. The summed E-state index contributed by atoms with van der Waals surface area (Å²) in [6.45, 7) is 3.27. The summed E-state index contributed by atoms with van der Waals surface area (Å²) >= 11 is 5.92. The minimum atomic E-state index is 0.0520. The largest absolute Gasteiger partial charge is 0.438 e. The van der Waals surface area contributed by atoms with Crippen LogP contribution in [0.2, 0.25) is 0 Å². The van der Waals surface area contributed by atoms with Crippen LogP contribution in [0.25, 0.3) is 0 Å². The Bertz CT molecular complexity index is 482. The lowest BCUT2D eigenvalue weighted by molar-refractivity contribution is 0.552. The molecule has 0 aliphatic rings. The first-order chi connectivity index (χ1) is 8.08. The molecule has 0 aromatic heterocycles. The monoisotopic (exact) mass is 252 g/mol. The maximum Gasteiger partial charge on any atom is 0.237 e. The maximum absolute atomic E-state index is 5.92. The van der Waals surface area contributed by atoms with E-state index >= 15 is 0 Å². The van der Waals surface area contributed by atoms with Gasteiger partial charge in [0, 0.05) is 18.8 Å². The van der Waals surface area contributed by atoms with Gasteiger partial charge in [0.25, 0.3) is 0 Å². The SMILES string of the molecule is C=N/C(N)=C(Cl)\C(=N/C)Oc1cccc(N)c1. The lowest BCUT2D eigenvalue weighted by Gasteiger charge is -2.08. The van der Waals surface area contributed by atoms with Crippen molar-refractivity contribution >= 4 is 29.9 Å². The number of anilines is 1. The Morgan fingerprint density at radius 1 is 1.47 bits per heavy atom. The van der Waals surface area contributed by atoms with Crippen LogP contribution in [0.15, 0.2) is 45.1 Å². The number of hydrogen-bond acceptors (Lipinski definition) is 5. The molecule has 1 rings (SSSR count). The Kier molecular flexibility index (Phi) is 4.54. The third-order valence-corrected chi connectivity index (χ3v) is 2.21. The minimum Gasteiger partial charge on any atom is -0.438 e. The van der Waals surface area contributed by atoms with E-state index in [2.05, 4.69) is 16.7 Å². The molecule has 0 aliphatic carbocycles. The van der Waals surface area contributed by atoms with Gasteiger partial charge in [-0.1, -0.05) is 17.7 Å². The normalized spacial score (nSPS) is 12.9. The van der Waals surface area contributed by atoms with Crippen LogP contribution in [0.3, 0.4) is 0 Å². The second kappa shape index (κ2) is 5.91. The number of nitrogen functional groups attached to an aromatic ring is 1. The summed E-state index contributed by atoms with van der Waals surface area (Å²) in [5.74, 6) is 0.721. The average Bonchev–Trinajstić information content (AvgIpc) is 2.34. The highest BCUT2D eigenvalue weighted by molar-refractivity contribution is 6.42. The minimum absolute atomic E-state index is 0.0520. The van der Waals surface area contributed by atoms with Crippen molar-refractivity contribution in [2.75, 3.05) is 12.8 Å². The fourth-order valence-electron chi connectivity index (χ4n) is 1.06. The van der Waals surface area contributed by atoms with Gasteiger partial charge in [-0.05, 0) is 18.9 Å². The fraction of sp³-hybridized carbons (Fsp3) is 0.0909. The van der Waals surface area contributed by atoms with Crippen LogP contribution in [0.1, 0.15) is 0 Å². The first-order valence-corrected chi connectivity index (χ1v) is 5.08. The predicted molar refractivity (Wildman–Crippen MR) is 71.5 cm³/mol. The van der Waals surface area contributed by atoms with Gasteiger partial charge >= 0.3 is 0 Å². The van der Waals surface area contributed by atoms with Gasteiger partial charge in [-0.15, -0.1) is 0 Å². The second-order valence-electron chi connectivity index (χ2n) is 3.06. The van der Waals surface area contributed by atoms with Crippen LogP contribution >= 0.6 is 11.6 Å². The zero-order chi connectivity index (χ0) is 12.8. The summed E-state index contributed by atoms with van der Waals surface area (Å²) in [7, 11) is 1.53. The molecule has 0 atom stereocenters. The molecule has 5 nitrogen and oxygen atoms in total. The average molecular weight is 253 g/mol. The van der Waals surface area contributed by atoms with Gasteiger partial charge in [0.05, 0.1) is 0 Å². The van der Waals surface area contributed by atoms with E-state index < -0.39 is 0 Å². The molecule has 0 spiro atoms. The van der Waals surface area contributed by atoms with Gasteiger partial charge in [0.15, 0.2) is 0 Å². The van der Waals surface area contributed by atoms with E-state index in [0.717, 1.165) is 0 Å². The number of hydrogen-bond donors (Lipinski definition) is 2. The van der Waals surface area contributed by atoms with Crippen LogP contribution in [-0.4, -0.2) is 19.7 Å². The van der Waals surface area contributed by atoms with E-state index in [1.54, 1.807) is 24.3 Å². The van der Waals surface area contributed by atoms with Gasteiger partial charge in [0.2, 0.25) is 5.90 Å². The van der Waals surface area contributed by atoms with Crippen molar-refractivity contribution < 1.29 is 4.74 Å². The topological polar surface area (TPSA) is 86.0 Å². The second-order valence-corrected chi connectivity index (χ2v) is 3.44. The Morgan fingerprint density at radius 2 is 2.18 bits per heavy atom. The highest BCUT2D eigenvalue weighted by Gasteiger charge is 2.10. The summed E-state index contributed by atoms with van der Waals surface area (Å²) in [6, 6.07) is 6.87. The highest BCUT2D eigenvalue weighted by Crippen LogP contribution is 2.18. The molecule has 17 heavy (non-hydrogen) atoms. The van der Waals surface area contributed by atoms with Crippen molar-refractivity contribution in [1.82, 2.24) is 0 Å². The van der Waals surface area contributed by atoms with Crippen molar-refractivity contribution in [3.05, 3.63) is 35.1 Å². The summed E-state index contributed by atoms with van der Waals surface area (Å²) in [5.41, 5.74) is 11.7. The Morgan fingerprint density at radius 3 is 2.71 bits per heavy atom. The van der Waals surface area contributed by atoms with E-state index in [1.807, 2.05) is 0 Å². The van der Waals surface area contributed by atoms with Crippen LogP contribution in [-0.2, 0) is 0 Å². The van der Waals surface area contributed by atoms with Gasteiger partial charge in [-0.25, -0.2) is 4.99 Å². The number of nitrogens with two attached hydrogens (primary N) is 2. The van der Waals surface area contributed by atoms with Crippen molar-refractivity contribution in [1.29, 1.82) is 0 Å². The van der Waals surface area contributed by atoms with Gasteiger partial charge in [-0.2, -0.15) is 0 Å². The number of halogens is 1. The standard InChI is InChI=1S/C11H13ClN4O/c1-15-10(14)9(12)11(16-2)17-8-5-3-4-7(13)6-8/h3-6H,1,13-14H2,2H3/b10-9+,16-11+. The fourth-order valence-corrected chi connectivity index (χ4v) is 1.24. The number of nitrogens with zero attached hydrogens (tertiary/aromatic N) is 2. The predicted octanol–water partition coefficient (Wildman–Crippen LogP) is 1.74. The molecule has 90 valence electrons. The molecule has 0 radical (unpaired) electrons. The van der Waals surface area contributed by atoms with Crippen LogP contribution in [0.4, 0.5) is 5.69 Å². The summed E-state index contributed by atoms with van der Waals surface area (Å²) in [5, 5.41) is 0.102. The summed E-state index contributed by atoms with van der Waals surface area (Å²) in [4.78, 5) is 7.38. The molecular weight excluding hydrogens is 240 g/mol. The van der Waals surface area contributed by atoms with E-state index in [-0.39, 0.29) is 16.8 Å². The van der Waals surface area contributed by atoms with Crippen molar-refractivity contribution in [2.24, 2.45) is 15.7 Å². The molecule has 1 aromatic rings. The van der Waals surface area contributed by atoms with Crippen molar-refractivity contribution in [3.63, 3.8) is 0 Å². The van der Waals surface area contributed by atoms with Gasteiger partial charge in [0.1, 0.15) is 16.6 Å². The Hall–Kier alpha value is -2.01. The van der Waals surface area contributed by atoms with E-state index in [4.69, 9.17) is 27.8 Å². The molecule has 0 saturated carbocycles. The first kappa shape index (κ1) is 13.1. The molecule has 0 bridgehead atoms. The summed E-state index contributed by atoms with van der Waals surface area (Å²) in [6.07, 6.45) is 0. The summed E-state index contributed by atoms with van der Waals surface area (Å²) < 4.78 is 5.44. The lowest BCUT2D eigenvalue weighted by Crippen LogP contribution is -2.13. The molecule has 6 heteroatoms. The first-order valence-electron chi connectivity index (χ1n) is 4.71. The van der Waals surface area contributed by atoms with E-state index in [0.29, 0.717) is 11.4 Å². The molecule has 0 aliphatic heterocycles. The number of ether oxygens (including phenoxy) is 1. The van der Waals surface area contributed by atoms with Crippen LogP contribution in [0.5, 0.6) is 5.75 Å². The molecule has 0 heterocycles. The lowest BCUT2D eigenvalue weighted by atomic mass is 10.3.